The average Bonchev–Trinajstić information content (AvgIpc) is 2.89. The summed E-state index contributed by atoms with van der Waals surface area (Å²) in [4.78, 5) is 0. The second-order valence-electron chi connectivity index (χ2n) is 7.11. The Morgan fingerprint density at radius 2 is 2.14 bits per heavy atom. The van der Waals surface area contributed by atoms with Gasteiger partial charge < -0.3 is 10.5 Å². The fourth-order valence-electron chi connectivity index (χ4n) is 3.72. The van der Waals surface area contributed by atoms with Crippen molar-refractivity contribution in [3.8, 4) is 0 Å². The van der Waals surface area contributed by atoms with Crippen LogP contribution in [0.2, 0.25) is 0 Å². The Hall–Kier alpha value is -0.510. The highest BCUT2D eigenvalue weighted by molar-refractivity contribution is 7.99. The van der Waals surface area contributed by atoms with E-state index in [0.29, 0.717) is 5.92 Å². The summed E-state index contributed by atoms with van der Waals surface area (Å²) in [5, 5.41) is 0. The molecule has 2 nitrogen and oxygen atoms in total. The summed E-state index contributed by atoms with van der Waals surface area (Å²) in [5.41, 5.74) is 10.6. The van der Waals surface area contributed by atoms with E-state index >= 15 is 0 Å². The van der Waals surface area contributed by atoms with Crippen LogP contribution in [0.25, 0.3) is 0 Å². The zero-order valence-electron chi connectivity index (χ0n) is 13.4. The second kappa shape index (κ2) is 5.60. The molecular weight excluding hydrogens is 278 g/mol. The highest BCUT2D eigenvalue weighted by Crippen LogP contribution is 2.45. The molecule has 0 aromatic heterocycles. The van der Waals surface area contributed by atoms with Gasteiger partial charge in [-0.3, -0.25) is 0 Å². The molecule has 0 amide bonds. The molecule has 2 N–H and O–H groups in total. The lowest BCUT2D eigenvalue weighted by molar-refractivity contribution is -0.0917. The summed E-state index contributed by atoms with van der Waals surface area (Å²) in [6.45, 7) is 7.41. The summed E-state index contributed by atoms with van der Waals surface area (Å²) < 4.78 is 6.15. The molecule has 3 atom stereocenters. The molecule has 3 heteroatoms. The highest BCUT2D eigenvalue weighted by atomic mass is 32.2. The molecule has 1 aromatic rings. The first-order chi connectivity index (χ1) is 9.93. The lowest BCUT2D eigenvalue weighted by Gasteiger charge is -2.44. The largest absolute Gasteiger partial charge is 0.374 e. The van der Waals surface area contributed by atoms with E-state index < -0.39 is 0 Å². The van der Waals surface area contributed by atoms with E-state index in [9.17, 15) is 0 Å². The minimum absolute atomic E-state index is 0.105. The van der Waals surface area contributed by atoms with Gasteiger partial charge in [0.05, 0.1) is 5.60 Å². The predicted octanol–water partition coefficient (Wildman–Crippen LogP) is 3.78. The molecule has 2 aliphatic heterocycles. The first kappa shape index (κ1) is 15.4. The van der Waals surface area contributed by atoms with Gasteiger partial charge in [-0.05, 0) is 68.4 Å². The van der Waals surface area contributed by atoms with Crippen LogP contribution in [0.15, 0.2) is 18.2 Å². The maximum Gasteiger partial charge on any atom is 0.0783 e. The van der Waals surface area contributed by atoms with Crippen LogP contribution in [0.1, 0.15) is 42.9 Å². The third kappa shape index (κ3) is 2.88. The fourth-order valence-corrected chi connectivity index (χ4v) is 5.09. The van der Waals surface area contributed by atoms with Gasteiger partial charge in [0.15, 0.2) is 0 Å². The topological polar surface area (TPSA) is 35.2 Å². The third-order valence-electron chi connectivity index (χ3n) is 5.54. The van der Waals surface area contributed by atoms with E-state index in [1.54, 1.807) is 0 Å². The molecule has 21 heavy (non-hydrogen) atoms. The fraction of sp³-hybridized carbons (Fsp3) is 0.667. The molecule has 3 rings (SSSR count). The van der Waals surface area contributed by atoms with Crippen molar-refractivity contribution in [3.63, 3.8) is 0 Å². The van der Waals surface area contributed by atoms with E-state index in [0.717, 1.165) is 25.2 Å². The molecule has 1 spiro atoms. The quantitative estimate of drug-likeness (QED) is 0.903. The van der Waals surface area contributed by atoms with Crippen LogP contribution in [-0.2, 0) is 10.3 Å². The smallest absolute Gasteiger partial charge is 0.0783 e. The Kier molecular flexibility index (Phi) is 4.10. The van der Waals surface area contributed by atoms with Crippen LogP contribution in [0.4, 0.5) is 0 Å². The van der Waals surface area contributed by atoms with Gasteiger partial charge in [-0.15, -0.1) is 0 Å². The first-order valence-electron chi connectivity index (χ1n) is 8.01. The van der Waals surface area contributed by atoms with Crippen molar-refractivity contribution < 1.29 is 4.74 Å². The number of hydrogen-bond acceptors (Lipinski definition) is 3. The SMILES string of the molecule is Cc1ccc(C(C)(N)C2CCOC3(CCSC3)C2)cc1C. The Labute approximate surface area is 132 Å². The van der Waals surface area contributed by atoms with Crippen molar-refractivity contribution in [2.45, 2.75) is 51.2 Å². The predicted molar refractivity (Wildman–Crippen MR) is 90.8 cm³/mol. The van der Waals surface area contributed by atoms with Crippen molar-refractivity contribution in [1.82, 2.24) is 0 Å². The molecule has 2 aliphatic rings. The van der Waals surface area contributed by atoms with Crippen LogP contribution in [0.3, 0.4) is 0 Å². The Balaban J connectivity index is 1.84. The van der Waals surface area contributed by atoms with Crippen LogP contribution >= 0.6 is 11.8 Å². The van der Waals surface area contributed by atoms with E-state index in [4.69, 9.17) is 10.5 Å². The standard InChI is InChI=1S/C18H27NOS/c1-13-4-5-15(10-14(13)2)17(3,19)16-6-8-20-18(11-16)7-9-21-12-18/h4-5,10,16H,6-9,11-12,19H2,1-3H3. The summed E-state index contributed by atoms with van der Waals surface area (Å²) in [6, 6.07) is 6.70. The average molecular weight is 305 g/mol. The summed E-state index contributed by atoms with van der Waals surface area (Å²) >= 11 is 2.03. The van der Waals surface area contributed by atoms with Gasteiger partial charge >= 0.3 is 0 Å². The number of thioether (sulfide) groups is 1. The maximum absolute atomic E-state index is 6.82. The van der Waals surface area contributed by atoms with Crippen LogP contribution in [-0.4, -0.2) is 23.7 Å². The molecule has 0 bridgehead atoms. The van der Waals surface area contributed by atoms with Gasteiger partial charge in [0, 0.05) is 17.9 Å². The van der Waals surface area contributed by atoms with Crippen molar-refractivity contribution in [2.75, 3.05) is 18.1 Å². The lowest BCUT2D eigenvalue weighted by atomic mass is 9.71. The summed E-state index contributed by atoms with van der Waals surface area (Å²) in [6.07, 6.45) is 3.38. The number of ether oxygens (including phenoxy) is 1. The van der Waals surface area contributed by atoms with Gasteiger partial charge in [0.1, 0.15) is 0 Å². The molecule has 0 saturated carbocycles. The number of aryl methyl sites for hydroxylation is 2. The monoisotopic (exact) mass is 305 g/mol. The molecule has 2 heterocycles. The Morgan fingerprint density at radius 3 is 2.81 bits per heavy atom. The molecule has 1 aromatic carbocycles. The molecular formula is C18H27NOS. The van der Waals surface area contributed by atoms with Gasteiger partial charge in [-0.1, -0.05) is 18.2 Å². The third-order valence-corrected chi connectivity index (χ3v) is 6.76. The number of rotatable bonds is 2. The minimum atomic E-state index is -0.261. The van der Waals surface area contributed by atoms with Crippen molar-refractivity contribution in [3.05, 3.63) is 34.9 Å². The second-order valence-corrected chi connectivity index (χ2v) is 8.21. The summed E-state index contributed by atoms with van der Waals surface area (Å²) in [7, 11) is 0. The molecule has 0 radical (unpaired) electrons. The Bertz CT molecular complexity index is 520. The lowest BCUT2D eigenvalue weighted by Crippen LogP contribution is -2.50. The number of benzene rings is 1. The van der Waals surface area contributed by atoms with Gasteiger partial charge in [-0.2, -0.15) is 11.8 Å². The normalized spacial score (nSPS) is 32.3. The van der Waals surface area contributed by atoms with Crippen LogP contribution in [0, 0.1) is 19.8 Å². The minimum Gasteiger partial charge on any atom is -0.374 e. The molecule has 2 fully saturated rings. The van der Waals surface area contributed by atoms with E-state index in [2.05, 4.69) is 39.0 Å². The van der Waals surface area contributed by atoms with Crippen LogP contribution in [0.5, 0.6) is 0 Å². The Morgan fingerprint density at radius 1 is 1.33 bits per heavy atom. The maximum atomic E-state index is 6.82. The van der Waals surface area contributed by atoms with E-state index in [-0.39, 0.29) is 11.1 Å². The summed E-state index contributed by atoms with van der Waals surface area (Å²) in [5.74, 6) is 2.89. The van der Waals surface area contributed by atoms with Crippen molar-refractivity contribution >= 4 is 11.8 Å². The van der Waals surface area contributed by atoms with Gasteiger partial charge in [-0.25, -0.2) is 0 Å². The number of nitrogens with two attached hydrogens (primary N) is 1. The zero-order chi connectivity index (χ0) is 15.1. The van der Waals surface area contributed by atoms with Gasteiger partial charge in [0.25, 0.3) is 0 Å². The van der Waals surface area contributed by atoms with Gasteiger partial charge in [0.2, 0.25) is 0 Å². The molecule has 116 valence electrons. The zero-order valence-corrected chi connectivity index (χ0v) is 14.3. The molecule has 2 saturated heterocycles. The highest BCUT2D eigenvalue weighted by Gasteiger charge is 2.45. The van der Waals surface area contributed by atoms with Crippen molar-refractivity contribution in [2.24, 2.45) is 11.7 Å². The number of hydrogen-bond donors (Lipinski definition) is 1. The van der Waals surface area contributed by atoms with Crippen LogP contribution < -0.4 is 5.73 Å². The first-order valence-corrected chi connectivity index (χ1v) is 9.17. The molecule has 0 aliphatic carbocycles. The van der Waals surface area contributed by atoms with E-state index in [1.165, 1.54) is 28.9 Å². The molecule has 3 unspecified atom stereocenters. The van der Waals surface area contributed by atoms with E-state index in [1.807, 2.05) is 11.8 Å². The van der Waals surface area contributed by atoms with Crippen molar-refractivity contribution in [1.29, 1.82) is 0 Å².